The number of nitrogens with zero attached hydrogens (tertiary/aromatic N) is 5. The molecule has 1 aliphatic rings. The van der Waals surface area contributed by atoms with E-state index in [1.807, 2.05) is 0 Å². The minimum absolute atomic E-state index is 0.146. The van der Waals surface area contributed by atoms with Crippen LogP contribution >= 0.6 is 11.6 Å². The third-order valence-corrected chi connectivity index (χ3v) is 3.33. The van der Waals surface area contributed by atoms with Crippen LogP contribution in [0.25, 0.3) is 0 Å². The van der Waals surface area contributed by atoms with Gasteiger partial charge < -0.3 is 14.9 Å². The van der Waals surface area contributed by atoms with Crippen LogP contribution in [-0.2, 0) is 0 Å². The van der Waals surface area contributed by atoms with Crippen molar-refractivity contribution in [2.75, 3.05) is 38.1 Å². The van der Waals surface area contributed by atoms with E-state index in [9.17, 15) is 9.59 Å². The van der Waals surface area contributed by atoms with E-state index in [1.54, 1.807) is 11.9 Å². The van der Waals surface area contributed by atoms with Gasteiger partial charge in [0.2, 0.25) is 0 Å². The van der Waals surface area contributed by atoms with Gasteiger partial charge in [0.25, 0.3) is 0 Å². The zero-order valence-corrected chi connectivity index (χ0v) is 11.6. The van der Waals surface area contributed by atoms with Gasteiger partial charge in [-0.05, 0) is 0 Å². The van der Waals surface area contributed by atoms with Gasteiger partial charge in [0, 0.05) is 45.6 Å². The summed E-state index contributed by atoms with van der Waals surface area (Å²) in [7, 11) is 1.56. The number of hydrogen-bond donors (Lipinski definition) is 1. The molecule has 9 heteroatoms. The largest absolute Gasteiger partial charge is 0.465 e. The summed E-state index contributed by atoms with van der Waals surface area (Å²) in [5.41, 5.74) is 0. The summed E-state index contributed by atoms with van der Waals surface area (Å²) in [6.07, 6.45) is 1.92. The van der Waals surface area contributed by atoms with Crippen molar-refractivity contribution in [1.82, 2.24) is 19.8 Å². The monoisotopic (exact) mass is 299 g/mol. The topological polar surface area (TPSA) is 89.9 Å². The molecule has 0 unspecified atom stereocenters. The molecule has 0 radical (unpaired) electrons. The quantitative estimate of drug-likeness (QED) is 0.835. The molecule has 20 heavy (non-hydrogen) atoms. The van der Waals surface area contributed by atoms with Gasteiger partial charge in [-0.3, -0.25) is 4.90 Å². The molecule has 1 N–H and O–H groups in total. The number of urea groups is 1. The van der Waals surface area contributed by atoms with E-state index in [0.29, 0.717) is 26.2 Å². The van der Waals surface area contributed by atoms with Crippen LogP contribution in [0, 0.1) is 0 Å². The molecule has 108 valence electrons. The minimum atomic E-state index is -0.970. The molecule has 8 nitrogen and oxygen atoms in total. The second kappa shape index (κ2) is 5.91. The zero-order chi connectivity index (χ0) is 14.7. The van der Waals surface area contributed by atoms with Crippen molar-refractivity contribution < 1.29 is 14.7 Å². The predicted molar refractivity (Wildman–Crippen MR) is 72.0 cm³/mol. The van der Waals surface area contributed by atoms with Crippen LogP contribution < -0.4 is 4.90 Å². The van der Waals surface area contributed by atoms with Gasteiger partial charge in [0.05, 0.1) is 0 Å². The van der Waals surface area contributed by atoms with Crippen LogP contribution in [0.2, 0.25) is 5.15 Å². The molecular weight excluding hydrogens is 286 g/mol. The van der Waals surface area contributed by atoms with Crippen molar-refractivity contribution in [3.05, 3.63) is 17.5 Å². The van der Waals surface area contributed by atoms with Crippen molar-refractivity contribution in [2.24, 2.45) is 0 Å². The van der Waals surface area contributed by atoms with Crippen LogP contribution in [-0.4, -0.2) is 70.2 Å². The molecule has 0 saturated carbocycles. The molecule has 0 atom stereocenters. The van der Waals surface area contributed by atoms with Gasteiger partial charge in [-0.15, -0.1) is 0 Å². The lowest BCUT2D eigenvalue weighted by atomic mass is 10.3. The first kappa shape index (κ1) is 14.3. The Hall–Kier alpha value is -2.09. The lowest BCUT2D eigenvalue weighted by Gasteiger charge is -2.35. The van der Waals surface area contributed by atoms with E-state index in [-0.39, 0.29) is 17.0 Å². The Morgan fingerprint density at radius 3 is 2.30 bits per heavy atom. The third-order valence-electron chi connectivity index (χ3n) is 3.06. The first-order valence-corrected chi connectivity index (χ1v) is 6.35. The molecule has 1 aliphatic heterocycles. The average Bonchev–Trinajstić information content (AvgIpc) is 2.46. The zero-order valence-electron chi connectivity index (χ0n) is 10.9. The van der Waals surface area contributed by atoms with Crippen LogP contribution in [0.15, 0.2) is 12.4 Å². The van der Waals surface area contributed by atoms with Gasteiger partial charge in [-0.25, -0.2) is 19.6 Å². The molecule has 0 aliphatic carbocycles. The summed E-state index contributed by atoms with van der Waals surface area (Å²) in [4.78, 5) is 35.1. The number of piperazine rings is 1. The van der Waals surface area contributed by atoms with Crippen LogP contribution in [0.4, 0.5) is 15.4 Å². The number of aromatic nitrogens is 2. The first-order valence-electron chi connectivity index (χ1n) is 5.97. The lowest BCUT2D eigenvalue weighted by Crippen LogP contribution is -2.53. The molecule has 1 fully saturated rings. The highest BCUT2D eigenvalue weighted by Gasteiger charge is 2.27. The fraction of sp³-hybridized carbons (Fsp3) is 0.455. The molecule has 0 spiro atoms. The number of carbonyl (C=O) groups is 2. The first-order chi connectivity index (χ1) is 9.50. The standard InChI is InChI=1S/C11H14ClN5O3/c1-15(9-8(12)13-2-3-14-9)10(18)16-4-6-17(7-5-16)11(19)20/h2-3H,4-7H2,1H3,(H,19,20). The number of carboxylic acid groups (broad SMARTS) is 1. The Morgan fingerprint density at radius 1 is 1.20 bits per heavy atom. The third kappa shape index (κ3) is 2.90. The second-order valence-corrected chi connectivity index (χ2v) is 4.63. The summed E-state index contributed by atoms with van der Waals surface area (Å²) < 4.78 is 0. The van der Waals surface area contributed by atoms with E-state index in [2.05, 4.69) is 9.97 Å². The maximum atomic E-state index is 12.3. The molecule has 1 aromatic rings. The van der Waals surface area contributed by atoms with E-state index in [1.165, 1.54) is 22.2 Å². The van der Waals surface area contributed by atoms with E-state index in [0.717, 1.165) is 0 Å². The van der Waals surface area contributed by atoms with Crippen molar-refractivity contribution in [1.29, 1.82) is 0 Å². The van der Waals surface area contributed by atoms with E-state index in [4.69, 9.17) is 16.7 Å². The summed E-state index contributed by atoms with van der Waals surface area (Å²) >= 11 is 5.89. The normalized spacial score (nSPS) is 15.1. The van der Waals surface area contributed by atoms with Crippen molar-refractivity contribution in [3.63, 3.8) is 0 Å². The SMILES string of the molecule is CN(C(=O)N1CCN(C(=O)O)CC1)c1nccnc1Cl. The Bertz CT molecular complexity index is 519. The molecule has 2 rings (SSSR count). The Labute approximate surface area is 120 Å². The van der Waals surface area contributed by atoms with E-state index >= 15 is 0 Å². The second-order valence-electron chi connectivity index (χ2n) is 4.27. The summed E-state index contributed by atoms with van der Waals surface area (Å²) in [5.74, 6) is 0.278. The number of carbonyl (C=O) groups excluding carboxylic acids is 1. The van der Waals surface area contributed by atoms with Crippen molar-refractivity contribution in [3.8, 4) is 0 Å². The van der Waals surface area contributed by atoms with Gasteiger partial charge in [0.15, 0.2) is 11.0 Å². The number of anilines is 1. The predicted octanol–water partition coefficient (Wildman–Crippen LogP) is 0.982. The average molecular weight is 300 g/mol. The Morgan fingerprint density at radius 2 is 1.75 bits per heavy atom. The number of rotatable bonds is 1. The molecule has 1 saturated heterocycles. The van der Waals surface area contributed by atoms with Gasteiger partial charge in [-0.1, -0.05) is 11.6 Å². The number of hydrogen-bond acceptors (Lipinski definition) is 4. The molecule has 2 heterocycles. The highest BCUT2D eigenvalue weighted by atomic mass is 35.5. The smallest absolute Gasteiger partial charge is 0.407 e. The highest BCUT2D eigenvalue weighted by molar-refractivity contribution is 6.32. The van der Waals surface area contributed by atoms with E-state index < -0.39 is 6.09 Å². The molecule has 1 aromatic heterocycles. The number of halogens is 1. The molecule has 0 bridgehead atoms. The lowest BCUT2D eigenvalue weighted by molar-refractivity contribution is 0.113. The highest BCUT2D eigenvalue weighted by Crippen LogP contribution is 2.20. The summed E-state index contributed by atoms with van der Waals surface area (Å²) in [5, 5.41) is 9.01. The van der Waals surface area contributed by atoms with Crippen LogP contribution in [0.3, 0.4) is 0 Å². The van der Waals surface area contributed by atoms with Crippen LogP contribution in [0.1, 0.15) is 0 Å². The van der Waals surface area contributed by atoms with Crippen molar-refractivity contribution in [2.45, 2.75) is 0 Å². The van der Waals surface area contributed by atoms with Crippen LogP contribution in [0.5, 0.6) is 0 Å². The Kier molecular flexibility index (Phi) is 4.23. The molecule has 0 aromatic carbocycles. The molecular formula is C11H14ClN5O3. The van der Waals surface area contributed by atoms with Gasteiger partial charge in [-0.2, -0.15) is 0 Å². The Balaban J connectivity index is 2.02. The molecule has 3 amide bonds. The summed E-state index contributed by atoms with van der Waals surface area (Å²) in [6.45, 7) is 1.27. The van der Waals surface area contributed by atoms with Gasteiger partial charge in [0.1, 0.15) is 0 Å². The number of amides is 3. The fourth-order valence-electron chi connectivity index (χ4n) is 1.93. The fourth-order valence-corrected chi connectivity index (χ4v) is 2.16. The summed E-state index contributed by atoms with van der Waals surface area (Å²) in [6, 6.07) is -0.280. The maximum absolute atomic E-state index is 12.3. The minimum Gasteiger partial charge on any atom is -0.465 e. The van der Waals surface area contributed by atoms with Gasteiger partial charge >= 0.3 is 12.1 Å². The van der Waals surface area contributed by atoms with Crippen molar-refractivity contribution >= 4 is 29.5 Å². The maximum Gasteiger partial charge on any atom is 0.407 e.